The summed E-state index contributed by atoms with van der Waals surface area (Å²) in [6.07, 6.45) is 1.22. The van der Waals surface area contributed by atoms with Gasteiger partial charge in [-0.15, -0.1) is 0 Å². The third kappa shape index (κ3) is 4.92. The third-order valence-electron chi connectivity index (χ3n) is 2.32. The van der Waals surface area contributed by atoms with Gasteiger partial charge in [-0.2, -0.15) is 8.42 Å². The Morgan fingerprint density at radius 3 is 2.63 bits per heavy atom. The van der Waals surface area contributed by atoms with Gasteiger partial charge in [0.15, 0.2) is 0 Å². The van der Waals surface area contributed by atoms with Gasteiger partial charge in [-0.3, -0.25) is 14.3 Å². The lowest BCUT2D eigenvalue weighted by Crippen LogP contribution is -2.29. The van der Waals surface area contributed by atoms with Crippen LogP contribution in [0.25, 0.3) is 0 Å². The summed E-state index contributed by atoms with van der Waals surface area (Å²) < 4.78 is 43.0. The van der Waals surface area contributed by atoms with E-state index in [0.29, 0.717) is 0 Å². The van der Waals surface area contributed by atoms with Crippen molar-refractivity contribution < 1.29 is 22.2 Å². The lowest BCUT2D eigenvalue weighted by atomic mass is 10.1. The van der Waals surface area contributed by atoms with E-state index in [1.165, 1.54) is 6.20 Å². The fourth-order valence-corrected chi connectivity index (χ4v) is 1.75. The summed E-state index contributed by atoms with van der Waals surface area (Å²) in [5.41, 5.74) is 0.256. The Hall–Kier alpha value is -1.54. The van der Waals surface area contributed by atoms with E-state index in [2.05, 4.69) is 10.3 Å². The first-order valence-corrected chi connectivity index (χ1v) is 7.20. The molecule has 0 aliphatic carbocycles. The van der Waals surface area contributed by atoms with Crippen molar-refractivity contribution in [1.29, 1.82) is 0 Å². The Balaban J connectivity index is 2.71. The summed E-state index contributed by atoms with van der Waals surface area (Å²) in [4.78, 5) is 15.4. The zero-order valence-electron chi connectivity index (χ0n) is 10.6. The molecule has 106 valence electrons. The topological polar surface area (TPSA) is 96.4 Å². The van der Waals surface area contributed by atoms with E-state index in [0.717, 1.165) is 6.07 Å². The van der Waals surface area contributed by atoms with E-state index in [9.17, 15) is 17.6 Å². The Morgan fingerprint density at radius 2 is 2.16 bits per heavy atom. The molecule has 0 fully saturated rings. The van der Waals surface area contributed by atoms with Crippen LogP contribution in [0.15, 0.2) is 12.3 Å². The number of aromatic nitrogens is 1. The highest BCUT2D eigenvalue weighted by atomic mass is 32.2. The van der Waals surface area contributed by atoms with Crippen molar-refractivity contribution in [2.75, 3.05) is 12.3 Å². The molecule has 0 aromatic carbocycles. The molecule has 0 aliphatic heterocycles. The molecule has 0 saturated carbocycles. The van der Waals surface area contributed by atoms with Crippen LogP contribution in [0.5, 0.6) is 0 Å². The van der Waals surface area contributed by atoms with Crippen molar-refractivity contribution in [3.63, 3.8) is 0 Å². The summed E-state index contributed by atoms with van der Waals surface area (Å²) in [5.74, 6) is -1.93. The van der Waals surface area contributed by atoms with Gasteiger partial charge in [-0.05, 0) is 12.0 Å². The van der Waals surface area contributed by atoms with Crippen LogP contribution in [0.4, 0.5) is 4.39 Å². The molecule has 0 unspecified atom stereocenters. The van der Waals surface area contributed by atoms with Crippen LogP contribution in [-0.2, 0) is 10.1 Å². The number of nitrogens with zero attached hydrogens (tertiary/aromatic N) is 1. The van der Waals surface area contributed by atoms with Gasteiger partial charge in [0.1, 0.15) is 5.82 Å². The van der Waals surface area contributed by atoms with Crippen molar-refractivity contribution in [2.24, 2.45) is 0 Å². The number of hydrogen-bond acceptors (Lipinski definition) is 4. The van der Waals surface area contributed by atoms with E-state index in [4.69, 9.17) is 4.55 Å². The first-order valence-electron chi connectivity index (χ1n) is 5.59. The number of rotatable bonds is 5. The summed E-state index contributed by atoms with van der Waals surface area (Å²) >= 11 is 0. The highest BCUT2D eigenvalue weighted by Crippen LogP contribution is 2.16. The Kier molecular flexibility index (Phi) is 4.96. The minimum atomic E-state index is -4.13. The minimum Gasteiger partial charge on any atom is -0.351 e. The van der Waals surface area contributed by atoms with E-state index in [1.54, 1.807) is 13.8 Å². The smallest absolute Gasteiger partial charge is 0.266 e. The largest absolute Gasteiger partial charge is 0.351 e. The number of carbonyl (C=O) groups is 1. The second kappa shape index (κ2) is 6.07. The summed E-state index contributed by atoms with van der Waals surface area (Å²) in [6.45, 7) is 3.29. The van der Waals surface area contributed by atoms with Crippen LogP contribution in [0, 0.1) is 5.82 Å². The summed E-state index contributed by atoms with van der Waals surface area (Å²) in [5, 5.41) is 2.25. The zero-order valence-corrected chi connectivity index (χ0v) is 11.4. The fraction of sp³-hybridized carbons (Fsp3) is 0.455. The maximum atomic E-state index is 13.6. The van der Waals surface area contributed by atoms with Crippen LogP contribution in [0.2, 0.25) is 0 Å². The molecule has 1 amide bonds. The molecular weight excluding hydrogens is 275 g/mol. The Morgan fingerprint density at radius 1 is 1.53 bits per heavy atom. The van der Waals surface area contributed by atoms with Gasteiger partial charge in [0.05, 0.1) is 17.0 Å². The molecule has 2 N–H and O–H groups in total. The molecule has 0 aliphatic rings. The zero-order chi connectivity index (χ0) is 14.6. The molecule has 19 heavy (non-hydrogen) atoms. The van der Waals surface area contributed by atoms with E-state index >= 15 is 0 Å². The van der Waals surface area contributed by atoms with Gasteiger partial charge in [-0.1, -0.05) is 13.8 Å². The van der Waals surface area contributed by atoms with Crippen molar-refractivity contribution in [1.82, 2.24) is 10.3 Å². The third-order valence-corrected chi connectivity index (χ3v) is 3.04. The average molecular weight is 290 g/mol. The van der Waals surface area contributed by atoms with Crippen molar-refractivity contribution in [2.45, 2.75) is 19.8 Å². The fourth-order valence-electron chi connectivity index (χ4n) is 1.39. The van der Waals surface area contributed by atoms with Crippen molar-refractivity contribution >= 4 is 16.0 Å². The first kappa shape index (κ1) is 15.5. The van der Waals surface area contributed by atoms with Crippen LogP contribution in [0.3, 0.4) is 0 Å². The van der Waals surface area contributed by atoms with Crippen LogP contribution in [-0.4, -0.2) is 36.2 Å². The Bertz CT molecular complexity index is 572. The van der Waals surface area contributed by atoms with Gasteiger partial charge >= 0.3 is 0 Å². The average Bonchev–Trinajstić information content (AvgIpc) is 2.26. The normalized spacial score (nSPS) is 11.6. The molecule has 0 spiro atoms. The Labute approximate surface area is 110 Å². The second-order valence-corrected chi connectivity index (χ2v) is 5.86. The highest BCUT2D eigenvalue weighted by Gasteiger charge is 2.13. The maximum Gasteiger partial charge on any atom is 0.266 e. The molecule has 0 saturated heterocycles. The van der Waals surface area contributed by atoms with Crippen molar-refractivity contribution in [3.05, 3.63) is 29.3 Å². The van der Waals surface area contributed by atoms with Crippen LogP contribution >= 0.6 is 0 Å². The molecule has 1 aromatic heterocycles. The molecule has 1 rings (SSSR count). The van der Waals surface area contributed by atoms with Crippen molar-refractivity contribution in [3.8, 4) is 0 Å². The molecule has 0 atom stereocenters. The van der Waals surface area contributed by atoms with Crippen LogP contribution < -0.4 is 5.32 Å². The van der Waals surface area contributed by atoms with Gasteiger partial charge < -0.3 is 5.32 Å². The van der Waals surface area contributed by atoms with Gasteiger partial charge in [0, 0.05) is 12.7 Å². The van der Waals surface area contributed by atoms with Crippen LogP contribution in [0.1, 0.15) is 35.8 Å². The molecule has 8 heteroatoms. The summed E-state index contributed by atoms with van der Waals surface area (Å²) in [6, 6.07) is 1.05. The SMILES string of the molecule is CC(C)c1ncc(C(=O)NCCS(=O)(=O)O)cc1F. The standard InChI is InChI=1S/C11H15FN2O4S/c1-7(2)10-9(12)5-8(6-14-10)11(15)13-3-4-19(16,17)18/h5-7H,3-4H2,1-2H3,(H,13,15)(H,16,17,18). The number of amides is 1. The molecule has 1 aromatic rings. The molecule has 6 nitrogen and oxygen atoms in total. The molecular formula is C11H15FN2O4S. The molecule has 0 radical (unpaired) electrons. The number of carbonyl (C=O) groups excluding carboxylic acids is 1. The van der Waals surface area contributed by atoms with E-state index in [1.807, 2.05) is 0 Å². The maximum absolute atomic E-state index is 13.6. The highest BCUT2D eigenvalue weighted by molar-refractivity contribution is 7.85. The van der Waals surface area contributed by atoms with E-state index in [-0.39, 0.29) is 23.7 Å². The predicted octanol–water partition coefficient (Wildman–Crippen LogP) is 0.962. The summed E-state index contributed by atoms with van der Waals surface area (Å²) in [7, 11) is -4.13. The van der Waals surface area contributed by atoms with E-state index < -0.39 is 27.6 Å². The number of pyridine rings is 1. The van der Waals surface area contributed by atoms with Gasteiger partial charge in [0.25, 0.3) is 16.0 Å². The molecule has 1 heterocycles. The number of nitrogens with one attached hydrogen (secondary N) is 1. The number of hydrogen-bond donors (Lipinski definition) is 2. The minimum absolute atomic E-state index is 0.00256. The van der Waals surface area contributed by atoms with Gasteiger partial charge in [-0.25, -0.2) is 4.39 Å². The quantitative estimate of drug-likeness (QED) is 0.787. The van der Waals surface area contributed by atoms with Gasteiger partial charge in [0.2, 0.25) is 0 Å². The molecule has 0 bridgehead atoms. The monoisotopic (exact) mass is 290 g/mol. The first-order chi connectivity index (χ1) is 8.70. The lowest BCUT2D eigenvalue weighted by Gasteiger charge is -2.08. The predicted molar refractivity (Wildman–Crippen MR) is 67.0 cm³/mol. The lowest BCUT2D eigenvalue weighted by molar-refractivity contribution is 0.0955. The number of halogens is 1. The second-order valence-electron chi connectivity index (χ2n) is 4.29.